The molecule has 0 aromatic carbocycles. The number of hydrogen-bond acceptors (Lipinski definition) is 3. The van der Waals surface area contributed by atoms with E-state index in [2.05, 4.69) is 20.8 Å². The average molecular weight is 393 g/mol. The molecule has 0 aromatic heterocycles. The summed E-state index contributed by atoms with van der Waals surface area (Å²) in [6.07, 6.45) is 9.19. The zero-order chi connectivity index (χ0) is 20.3. The fraction of sp³-hybridized carbons (Fsp3) is 0.958. The predicted molar refractivity (Wildman–Crippen MR) is 109 cm³/mol. The van der Waals surface area contributed by atoms with Crippen molar-refractivity contribution < 1.29 is 20.1 Å². The summed E-state index contributed by atoms with van der Waals surface area (Å²) in [5.74, 6) is 2.36. The number of carboxylic acid groups (broad SMARTS) is 1. The highest BCUT2D eigenvalue weighted by Crippen LogP contribution is 2.68. The molecule has 0 spiro atoms. The lowest BCUT2D eigenvalue weighted by Crippen LogP contribution is -2.58. The van der Waals surface area contributed by atoms with Gasteiger partial charge in [0.1, 0.15) is 0 Å². The van der Waals surface area contributed by atoms with Crippen molar-refractivity contribution in [2.24, 2.45) is 46.3 Å². The Hall–Kier alpha value is -0.610. The highest BCUT2D eigenvalue weighted by molar-refractivity contribution is 5.66. The molecule has 0 aromatic rings. The minimum absolute atomic E-state index is 0.179. The van der Waals surface area contributed by atoms with Gasteiger partial charge in [-0.1, -0.05) is 20.8 Å². The van der Waals surface area contributed by atoms with Crippen LogP contribution in [0.1, 0.15) is 85.0 Å². The number of aliphatic hydroxyl groups excluding tert-OH is 2. The van der Waals surface area contributed by atoms with Crippen LogP contribution in [-0.4, -0.2) is 33.5 Å². The van der Waals surface area contributed by atoms with Gasteiger partial charge in [-0.2, -0.15) is 0 Å². The van der Waals surface area contributed by atoms with Gasteiger partial charge in [-0.15, -0.1) is 0 Å². The molecular formula is C24H40O4. The Morgan fingerprint density at radius 2 is 1.68 bits per heavy atom. The number of hydrogen-bond donors (Lipinski definition) is 3. The summed E-state index contributed by atoms with van der Waals surface area (Å²) >= 11 is 0. The first-order valence-corrected chi connectivity index (χ1v) is 11.7. The lowest BCUT2D eigenvalue weighted by atomic mass is 9.43. The second-order valence-corrected chi connectivity index (χ2v) is 11.4. The molecule has 4 saturated carbocycles. The Balaban J connectivity index is 1.55. The molecule has 0 radical (unpaired) electrons. The fourth-order valence-electron chi connectivity index (χ4n) is 8.73. The molecule has 4 heteroatoms. The predicted octanol–water partition coefficient (Wildman–Crippen LogP) is 4.48. The summed E-state index contributed by atoms with van der Waals surface area (Å²) in [6.45, 7) is 7.16. The van der Waals surface area contributed by atoms with Gasteiger partial charge in [0.05, 0.1) is 12.2 Å². The molecule has 28 heavy (non-hydrogen) atoms. The number of carbonyl (C=O) groups is 1. The zero-order valence-corrected chi connectivity index (χ0v) is 17.9. The van der Waals surface area contributed by atoms with Crippen LogP contribution in [0.5, 0.6) is 0 Å². The van der Waals surface area contributed by atoms with E-state index in [9.17, 15) is 15.0 Å². The molecule has 3 N–H and O–H groups in total. The summed E-state index contributed by atoms with van der Waals surface area (Å²) in [7, 11) is 0. The van der Waals surface area contributed by atoms with Crippen molar-refractivity contribution in [3.63, 3.8) is 0 Å². The third-order valence-corrected chi connectivity index (χ3v) is 10.2. The highest BCUT2D eigenvalue weighted by atomic mass is 16.4. The summed E-state index contributed by atoms with van der Waals surface area (Å²) in [5, 5.41) is 30.5. The van der Waals surface area contributed by atoms with E-state index in [0.717, 1.165) is 32.1 Å². The Kier molecular flexibility index (Phi) is 5.36. The first-order valence-electron chi connectivity index (χ1n) is 11.7. The Bertz CT molecular complexity index is 605. The van der Waals surface area contributed by atoms with Crippen molar-refractivity contribution in [1.29, 1.82) is 0 Å². The quantitative estimate of drug-likeness (QED) is 0.659. The average Bonchev–Trinajstić information content (AvgIpc) is 2.98. The molecule has 4 fully saturated rings. The molecule has 160 valence electrons. The number of fused-ring (bicyclic) bond motifs is 5. The largest absolute Gasteiger partial charge is 0.481 e. The molecule has 4 rings (SSSR count). The molecule has 0 bridgehead atoms. The molecule has 0 heterocycles. The van der Waals surface area contributed by atoms with Gasteiger partial charge < -0.3 is 15.3 Å². The standard InChI is InChI=1S/C24H40O4/c1-14(4-7-21(27)28)17-5-6-18-22-19(9-11-24(17,18)3)23(2)10-8-16(25)12-15(23)13-20(22)26/h14-20,22,25-26H,4-13H2,1-3H3,(H,27,28)/t14-,15?,16-,17-,18+,19+,20+,22+,23+,24-/m1/s1. The van der Waals surface area contributed by atoms with E-state index in [1.807, 2.05) is 0 Å². The van der Waals surface area contributed by atoms with Gasteiger partial charge in [0, 0.05) is 6.42 Å². The van der Waals surface area contributed by atoms with E-state index < -0.39 is 5.97 Å². The topological polar surface area (TPSA) is 77.8 Å². The van der Waals surface area contributed by atoms with Crippen LogP contribution >= 0.6 is 0 Å². The van der Waals surface area contributed by atoms with E-state index in [1.54, 1.807) is 0 Å². The minimum Gasteiger partial charge on any atom is -0.481 e. The molecule has 4 nitrogen and oxygen atoms in total. The molecule has 0 amide bonds. The Labute approximate surface area is 170 Å². The number of aliphatic carboxylic acids is 1. The van der Waals surface area contributed by atoms with Crippen LogP contribution in [0.2, 0.25) is 0 Å². The first-order chi connectivity index (χ1) is 13.2. The highest BCUT2D eigenvalue weighted by Gasteiger charge is 2.62. The van der Waals surface area contributed by atoms with E-state index in [4.69, 9.17) is 5.11 Å². The van der Waals surface area contributed by atoms with E-state index in [1.165, 1.54) is 25.7 Å². The van der Waals surface area contributed by atoms with Crippen molar-refractivity contribution in [2.75, 3.05) is 0 Å². The SMILES string of the molecule is C[C@H](CCC(=O)O)[C@H]1CC[C@H]2[C@@H]3[C@@H](O)CC4C[C@H](O)CC[C@]4(C)[C@H]3CC[C@]12C. The lowest BCUT2D eigenvalue weighted by Gasteiger charge is -2.62. The summed E-state index contributed by atoms with van der Waals surface area (Å²) < 4.78 is 0. The molecule has 4 aliphatic rings. The van der Waals surface area contributed by atoms with Crippen molar-refractivity contribution in [1.82, 2.24) is 0 Å². The number of aliphatic hydroxyl groups is 2. The molecule has 0 aliphatic heterocycles. The van der Waals surface area contributed by atoms with Gasteiger partial charge in [0.2, 0.25) is 0 Å². The van der Waals surface area contributed by atoms with Crippen LogP contribution < -0.4 is 0 Å². The third kappa shape index (κ3) is 3.14. The smallest absolute Gasteiger partial charge is 0.303 e. The molecule has 1 unspecified atom stereocenters. The summed E-state index contributed by atoms with van der Waals surface area (Å²) in [6, 6.07) is 0. The van der Waals surface area contributed by atoms with Crippen LogP contribution in [0.3, 0.4) is 0 Å². The number of carboxylic acids is 1. The third-order valence-electron chi connectivity index (χ3n) is 10.2. The van der Waals surface area contributed by atoms with Crippen LogP contribution in [-0.2, 0) is 4.79 Å². The van der Waals surface area contributed by atoms with Gasteiger partial charge in [-0.25, -0.2) is 0 Å². The fourth-order valence-corrected chi connectivity index (χ4v) is 8.73. The van der Waals surface area contributed by atoms with Gasteiger partial charge in [-0.05, 0) is 104 Å². The van der Waals surface area contributed by atoms with Crippen molar-refractivity contribution in [3.05, 3.63) is 0 Å². The van der Waals surface area contributed by atoms with Crippen molar-refractivity contribution in [2.45, 2.75) is 97.2 Å². The normalized spacial score (nSPS) is 51.7. The van der Waals surface area contributed by atoms with Crippen LogP contribution in [0, 0.1) is 46.3 Å². The minimum atomic E-state index is -0.684. The maximum absolute atomic E-state index is 11.2. The maximum atomic E-state index is 11.2. The second-order valence-electron chi connectivity index (χ2n) is 11.4. The van der Waals surface area contributed by atoms with E-state index in [-0.39, 0.29) is 29.5 Å². The maximum Gasteiger partial charge on any atom is 0.303 e. The first kappa shape index (κ1) is 20.7. The molecule has 0 saturated heterocycles. The van der Waals surface area contributed by atoms with E-state index in [0.29, 0.717) is 35.5 Å². The van der Waals surface area contributed by atoms with Gasteiger partial charge in [0.25, 0.3) is 0 Å². The zero-order valence-electron chi connectivity index (χ0n) is 17.9. The second kappa shape index (κ2) is 7.27. The molecular weight excluding hydrogens is 352 g/mol. The molecule has 4 aliphatic carbocycles. The Morgan fingerprint density at radius 3 is 2.39 bits per heavy atom. The monoisotopic (exact) mass is 392 g/mol. The lowest BCUT2D eigenvalue weighted by molar-refractivity contribution is -0.174. The van der Waals surface area contributed by atoms with Crippen LogP contribution in [0.4, 0.5) is 0 Å². The van der Waals surface area contributed by atoms with E-state index >= 15 is 0 Å². The van der Waals surface area contributed by atoms with Gasteiger partial charge in [0.15, 0.2) is 0 Å². The van der Waals surface area contributed by atoms with Crippen LogP contribution in [0.25, 0.3) is 0 Å². The van der Waals surface area contributed by atoms with Gasteiger partial charge in [-0.3, -0.25) is 4.79 Å². The van der Waals surface area contributed by atoms with Crippen LogP contribution in [0.15, 0.2) is 0 Å². The summed E-state index contributed by atoms with van der Waals surface area (Å²) in [4.78, 5) is 11.1. The van der Waals surface area contributed by atoms with Crippen molar-refractivity contribution in [3.8, 4) is 0 Å². The Morgan fingerprint density at radius 1 is 1.00 bits per heavy atom. The van der Waals surface area contributed by atoms with Crippen molar-refractivity contribution >= 4 is 5.97 Å². The molecule has 10 atom stereocenters. The number of rotatable bonds is 4. The van der Waals surface area contributed by atoms with Gasteiger partial charge >= 0.3 is 5.97 Å². The summed E-state index contributed by atoms with van der Waals surface area (Å²) in [5.41, 5.74) is 0.523.